The number of nitrogens with one attached hydrogen (secondary N) is 1. The highest BCUT2D eigenvalue weighted by molar-refractivity contribution is 9.10. The fourth-order valence-electron chi connectivity index (χ4n) is 4.05. The lowest BCUT2D eigenvalue weighted by Crippen LogP contribution is -2.31. The Morgan fingerprint density at radius 3 is 1.84 bits per heavy atom. The van der Waals surface area contributed by atoms with Gasteiger partial charge in [0.05, 0.1) is 5.56 Å². The molecule has 0 radical (unpaired) electrons. The second-order valence-corrected chi connectivity index (χ2v) is 12.2. The van der Waals surface area contributed by atoms with Gasteiger partial charge in [-0.1, -0.05) is 91.0 Å². The first kappa shape index (κ1) is 26.3. The van der Waals surface area contributed by atoms with Gasteiger partial charge in [-0.2, -0.15) is 9.52 Å². The Bertz CT molecular complexity index is 1540. The average Bonchev–Trinajstić information content (AvgIpc) is 3.48. The second kappa shape index (κ2) is 12.0. The molecule has 0 saturated heterocycles. The van der Waals surface area contributed by atoms with Gasteiger partial charge in [0.2, 0.25) is 15.8 Å². The fraction of sp³-hybridized carbons (Fsp3) is 0.107. The number of nitrogens with zero attached hydrogens (tertiary/aromatic N) is 4. The minimum Gasteiger partial charge on any atom is -0.207 e. The molecule has 0 aliphatic carbocycles. The normalized spacial score (nSPS) is 11.6. The van der Waals surface area contributed by atoms with Crippen molar-refractivity contribution in [2.45, 2.75) is 28.6 Å². The highest BCUT2D eigenvalue weighted by Gasteiger charge is 2.33. The zero-order valence-corrected chi connectivity index (χ0v) is 23.5. The van der Waals surface area contributed by atoms with E-state index in [-0.39, 0.29) is 23.8 Å². The van der Waals surface area contributed by atoms with Crippen LogP contribution in [0.15, 0.2) is 117 Å². The van der Waals surface area contributed by atoms with Crippen molar-refractivity contribution >= 4 is 37.7 Å². The van der Waals surface area contributed by atoms with Crippen LogP contribution in [-0.4, -0.2) is 33.3 Å². The molecular formula is C28H24BrN5O2S2. The summed E-state index contributed by atoms with van der Waals surface area (Å²) in [5.41, 5.74) is 3.25. The van der Waals surface area contributed by atoms with Crippen molar-refractivity contribution in [3.63, 3.8) is 0 Å². The van der Waals surface area contributed by atoms with Gasteiger partial charge in [-0.3, -0.25) is 0 Å². The van der Waals surface area contributed by atoms with E-state index in [1.54, 1.807) is 0 Å². The number of benzene rings is 4. The summed E-state index contributed by atoms with van der Waals surface area (Å²) >= 11 is 5.02. The third kappa shape index (κ3) is 6.05. The molecular weight excluding hydrogens is 582 g/mol. The van der Waals surface area contributed by atoms with E-state index in [4.69, 9.17) is 0 Å². The van der Waals surface area contributed by atoms with Crippen molar-refractivity contribution in [3.8, 4) is 11.4 Å². The molecule has 1 heterocycles. The maximum atomic E-state index is 14.6. The van der Waals surface area contributed by atoms with Crippen LogP contribution in [0.1, 0.15) is 16.7 Å². The zero-order valence-electron chi connectivity index (χ0n) is 20.2. The summed E-state index contributed by atoms with van der Waals surface area (Å²) in [5, 5.41) is 14.4. The number of halogens is 1. The number of rotatable bonds is 10. The van der Waals surface area contributed by atoms with Gasteiger partial charge >= 0.3 is 0 Å². The maximum absolute atomic E-state index is 14.6. The second-order valence-electron chi connectivity index (χ2n) is 8.50. The van der Waals surface area contributed by atoms with Crippen LogP contribution in [0.4, 0.5) is 0 Å². The summed E-state index contributed by atoms with van der Waals surface area (Å²) in [5.74, 6) is 0.811. The number of aromatic nitrogens is 4. The van der Waals surface area contributed by atoms with Gasteiger partial charge in [0.15, 0.2) is 0 Å². The first-order valence-electron chi connectivity index (χ1n) is 11.8. The van der Waals surface area contributed by atoms with Crippen LogP contribution in [0.3, 0.4) is 0 Å². The molecule has 0 aliphatic rings. The van der Waals surface area contributed by atoms with Crippen molar-refractivity contribution in [1.82, 2.24) is 24.9 Å². The minimum absolute atomic E-state index is 0.154. The molecule has 0 saturated carbocycles. The first-order valence-corrected chi connectivity index (χ1v) is 15.1. The summed E-state index contributed by atoms with van der Waals surface area (Å²) in [6.07, 6.45) is 0. The number of hydrogen-bond acceptors (Lipinski definition) is 6. The SMILES string of the molecule is O=S(=O)(c1c(SCc2ccccc2)ccc(Br)c1-c1nn[nH]n1)N(Cc1ccccc1)Cc1ccccc1. The molecule has 1 N–H and O–H groups in total. The topological polar surface area (TPSA) is 91.8 Å². The summed E-state index contributed by atoms with van der Waals surface area (Å²) in [7, 11) is -4.05. The highest BCUT2D eigenvalue weighted by Crippen LogP contribution is 2.41. The van der Waals surface area contributed by atoms with Crippen molar-refractivity contribution in [1.29, 1.82) is 0 Å². The molecule has 38 heavy (non-hydrogen) atoms. The van der Waals surface area contributed by atoms with Gasteiger partial charge in [-0.25, -0.2) is 8.42 Å². The number of hydrogen-bond donors (Lipinski definition) is 1. The van der Waals surface area contributed by atoms with E-state index in [1.807, 2.05) is 103 Å². The maximum Gasteiger partial charge on any atom is 0.245 e. The Morgan fingerprint density at radius 1 is 0.763 bits per heavy atom. The lowest BCUT2D eigenvalue weighted by molar-refractivity contribution is 0.400. The Labute approximate surface area is 234 Å². The lowest BCUT2D eigenvalue weighted by atomic mass is 10.2. The number of aromatic amines is 1. The standard InChI is InChI=1S/C28H24BrN5O2S2/c29-24-16-17-25(37-20-23-14-8-3-9-15-23)27(26(24)28-30-32-33-31-28)38(35,36)34(18-21-10-4-1-5-11-21)19-22-12-6-2-7-13-22/h1-17H,18-20H2,(H,30,31,32,33). The van der Waals surface area contributed by atoms with E-state index in [0.29, 0.717) is 20.7 Å². The van der Waals surface area contributed by atoms with Gasteiger partial charge in [0, 0.05) is 28.2 Å². The molecule has 4 aromatic carbocycles. The Hall–Kier alpha value is -3.31. The minimum atomic E-state index is -4.05. The molecule has 0 aliphatic heterocycles. The predicted octanol–water partition coefficient (Wildman–Crippen LogP) is 6.31. The van der Waals surface area contributed by atoms with E-state index in [9.17, 15) is 8.42 Å². The van der Waals surface area contributed by atoms with Crippen LogP contribution in [0.25, 0.3) is 11.4 Å². The van der Waals surface area contributed by atoms with E-state index in [2.05, 4.69) is 36.6 Å². The van der Waals surface area contributed by atoms with E-state index in [0.717, 1.165) is 16.7 Å². The molecule has 5 rings (SSSR count). The van der Waals surface area contributed by atoms with E-state index in [1.165, 1.54) is 16.1 Å². The van der Waals surface area contributed by atoms with Crippen molar-refractivity contribution in [2.24, 2.45) is 0 Å². The van der Waals surface area contributed by atoms with E-state index < -0.39 is 10.0 Å². The van der Waals surface area contributed by atoms with Crippen molar-refractivity contribution in [3.05, 3.63) is 124 Å². The number of sulfonamides is 1. The smallest absolute Gasteiger partial charge is 0.207 e. The molecule has 5 aromatic rings. The monoisotopic (exact) mass is 605 g/mol. The molecule has 0 bridgehead atoms. The largest absolute Gasteiger partial charge is 0.245 e. The van der Waals surface area contributed by atoms with Crippen LogP contribution in [0.2, 0.25) is 0 Å². The van der Waals surface area contributed by atoms with Crippen LogP contribution in [0.5, 0.6) is 0 Å². The number of tetrazole rings is 1. The third-order valence-electron chi connectivity index (χ3n) is 5.88. The molecule has 10 heteroatoms. The number of H-pyrrole nitrogens is 1. The van der Waals surface area contributed by atoms with Crippen LogP contribution < -0.4 is 0 Å². The number of thioether (sulfide) groups is 1. The van der Waals surface area contributed by atoms with Gasteiger partial charge in [0.1, 0.15) is 4.90 Å². The van der Waals surface area contributed by atoms with Crippen LogP contribution >= 0.6 is 27.7 Å². The van der Waals surface area contributed by atoms with Crippen LogP contribution in [-0.2, 0) is 28.9 Å². The molecule has 0 unspecified atom stereocenters. The fourth-order valence-corrected chi connectivity index (χ4v) is 7.77. The quantitative estimate of drug-likeness (QED) is 0.187. The Kier molecular flexibility index (Phi) is 8.33. The lowest BCUT2D eigenvalue weighted by Gasteiger charge is -2.25. The highest BCUT2D eigenvalue weighted by atomic mass is 79.9. The third-order valence-corrected chi connectivity index (χ3v) is 9.68. The molecule has 0 spiro atoms. The summed E-state index contributed by atoms with van der Waals surface area (Å²) in [4.78, 5) is 0.768. The Morgan fingerprint density at radius 2 is 1.32 bits per heavy atom. The summed E-state index contributed by atoms with van der Waals surface area (Å²) < 4.78 is 31.4. The van der Waals surface area contributed by atoms with Gasteiger partial charge in [-0.05, 0) is 50.0 Å². The molecule has 1 aromatic heterocycles. The predicted molar refractivity (Wildman–Crippen MR) is 153 cm³/mol. The zero-order chi connectivity index (χ0) is 26.4. The van der Waals surface area contributed by atoms with Gasteiger partial charge < -0.3 is 0 Å². The molecule has 192 valence electrons. The van der Waals surface area contributed by atoms with Gasteiger partial charge in [0.25, 0.3) is 0 Å². The molecule has 0 amide bonds. The van der Waals surface area contributed by atoms with Crippen molar-refractivity contribution < 1.29 is 8.42 Å². The Balaban J connectivity index is 1.64. The van der Waals surface area contributed by atoms with Crippen LogP contribution in [0, 0.1) is 0 Å². The molecule has 0 fully saturated rings. The first-order chi connectivity index (χ1) is 18.5. The van der Waals surface area contributed by atoms with E-state index >= 15 is 0 Å². The van der Waals surface area contributed by atoms with Crippen molar-refractivity contribution in [2.75, 3.05) is 0 Å². The summed E-state index contributed by atoms with van der Waals surface area (Å²) in [6.45, 7) is 0.415. The molecule has 7 nitrogen and oxygen atoms in total. The summed E-state index contributed by atoms with van der Waals surface area (Å²) in [6, 6.07) is 32.8. The molecule has 0 atom stereocenters. The average molecular weight is 607 g/mol. The van der Waals surface area contributed by atoms with Gasteiger partial charge in [-0.15, -0.1) is 22.0 Å².